The van der Waals surface area contributed by atoms with Gasteiger partial charge in [-0.15, -0.1) is 23.1 Å². The molecule has 0 spiro atoms. The first-order valence-corrected chi connectivity index (χ1v) is 14.5. The van der Waals surface area contributed by atoms with Crippen molar-refractivity contribution in [2.24, 2.45) is 0 Å². The largest absolute Gasteiger partial charge is 0.326 e. The lowest BCUT2D eigenvalue weighted by molar-refractivity contribution is 0.716. The average molecular weight is 541 g/mol. The second-order valence-electron chi connectivity index (χ2n) is 8.24. The number of thioether (sulfide) groups is 1. The second kappa shape index (κ2) is 12.2. The molecule has 1 aliphatic heterocycles. The van der Waals surface area contributed by atoms with Crippen LogP contribution in [0.3, 0.4) is 0 Å². The van der Waals surface area contributed by atoms with Crippen LogP contribution in [0.2, 0.25) is 5.02 Å². The highest BCUT2D eigenvalue weighted by Crippen LogP contribution is 2.42. The molecule has 190 valence electrons. The van der Waals surface area contributed by atoms with Crippen molar-refractivity contribution in [1.82, 2.24) is 9.88 Å². The van der Waals surface area contributed by atoms with Gasteiger partial charge in [-0.05, 0) is 75.9 Å². The van der Waals surface area contributed by atoms with Gasteiger partial charge in [0.1, 0.15) is 5.82 Å². The zero-order chi connectivity index (χ0) is 25.7. The van der Waals surface area contributed by atoms with E-state index in [0.29, 0.717) is 6.54 Å². The minimum Gasteiger partial charge on any atom is -0.326 e. The van der Waals surface area contributed by atoms with Crippen LogP contribution in [0.4, 0.5) is 11.4 Å². The van der Waals surface area contributed by atoms with Crippen molar-refractivity contribution in [2.75, 3.05) is 29.4 Å². The maximum Gasteiger partial charge on any atom is 0.269 e. The van der Waals surface area contributed by atoms with E-state index < -0.39 is 0 Å². The van der Waals surface area contributed by atoms with Crippen molar-refractivity contribution in [1.29, 1.82) is 0 Å². The molecule has 1 aliphatic rings. The van der Waals surface area contributed by atoms with Gasteiger partial charge < -0.3 is 15.1 Å². The highest BCUT2D eigenvalue weighted by Gasteiger charge is 2.29. The van der Waals surface area contributed by atoms with E-state index in [1.54, 1.807) is 23.1 Å². The molecule has 0 bridgehead atoms. The van der Waals surface area contributed by atoms with Gasteiger partial charge in [-0.25, -0.2) is 0 Å². The van der Waals surface area contributed by atoms with E-state index in [1.807, 2.05) is 47.9 Å². The standard InChI is InChI=1S/C28H33ClN4OS2/c1-5-30-25(35-21-12-10-9-11-13-21)19-27-33(8-4)28(34)24(36-27)16-17-26-31(6-2)22-15-14-20(29)18-23(22)32(26)7-3/h9-19,25,30H,5-8H2,1-4H3/b24-16+,26-17+,27-19-. The predicted octanol–water partition coefficient (Wildman–Crippen LogP) is 5.08. The SMILES string of the molecule is CCNC(/C=c1\s/c(=C/C=C2\N(CC)c3ccc(Cl)cc3N2CC)c(=O)n1CC)Sc1ccccc1. The summed E-state index contributed by atoms with van der Waals surface area (Å²) in [6.45, 7) is 11.5. The molecule has 0 aliphatic carbocycles. The third kappa shape index (κ3) is 5.59. The summed E-state index contributed by atoms with van der Waals surface area (Å²) in [4.78, 5) is 19.0. The Kier molecular flexibility index (Phi) is 9.01. The zero-order valence-electron chi connectivity index (χ0n) is 21.2. The van der Waals surface area contributed by atoms with Crippen molar-refractivity contribution in [3.05, 3.63) is 85.0 Å². The van der Waals surface area contributed by atoms with Crippen LogP contribution in [0.5, 0.6) is 0 Å². The maximum absolute atomic E-state index is 13.3. The number of allylic oxidation sites excluding steroid dienone is 1. The molecule has 2 aromatic carbocycles. The van der Waals surface area contributed by atoms with Gasteiger partial charge in [0.25, 0.3) is 5.56 Å². The summed E-state index contributed by atoms with van der Waals surface area (Å²) in [5.41, 5.74) is 2.29. The summed E-state index contributed by atoms with van der Waals surface area (Å²) >= 11 is 9.61. The Morgan fingerprint density at radius 3 is 2.36 bits per heavy atom. The van der Waals surface area contributed by atoms with Crippen molar-refractivity contribution in [2.45, 2.75) is 44.5 Å². The Hall–Kier alpha value is -2.45. The van der Waals surface area contributed by atoms with Gasteiger partial charge in [0.2, 0.25) is 0 Å². The third-order valence-electron chi connectivity index (χ3n) is 6.05. The Balaban J connectivity index is 1.75. The molecule has 0 fully saturated rings. The molecular weight excluding hydrogens is 508 g/mol. The first kappa shape index (κ1) is 26.6. The van der Waals surface area contributed by atoms with Gasteiger partial charge in [0, 0.05) is 29.6 Å². The Morgan fingerprint density at radius 2 is 1.69 bits per heavy atom. The quantitative estimate of drug-likeness (QED) is 0.303. The van der Waals surface area contributed by atoms with E-state index in [9.17, 15) is 4.79 Å². The van der Waals surface area contributed by atoms with Crippen LogP contribution in [0.15, 0.2) is 70.1 Å². The number of halogens is 1. The zero-order valence-corrected chi connectivity index (χ0v) is 23.6. The minimum atomic E-state index is 0.0511. The molecule has 1 unspecified atom stereocenters. The number of anilines is 2. The second-order valence-corrected chi connectivity index (χ2v) is 11.0. The number of aromatic nitrogens is 1. The summed E-state index contributed by atoms with van der Waals surface area (Å²) in [6.07, 6.45) is 6.21. The van der Waals surface area contributed by atoms with Gasteiger partial charge in [-0.3, -0.25) is 9.36 Å². The Labute approximate surface area is 226 Å². The van der Waals surface area contributed by atoms with Crippen LogP contribution < -0.4 is 29.9 Å². The summed E-state index contributed by atoms with van der Waals surface area (Å²) in [7, 11) is 0. The maximum atomic E-state index is 13.3. The summed E-state index contributed by atoms with van der Waals surface area (Å²) < 4.78 is 3.57. The van der Waals surface area contributed by atoms with E-state index in [4.69, 9.17) is 11.6 Å². The molecule has 0 saturated heterocycles. The molecule has 0 saturated carbocycles. The third-order valence-corrected chi connectivity index (χ3v) is 8.48. The minimum absolute atomic E-state index is 0.0511. The number of rotatable bonds is 9. The lowest BCUT2D eigenvalue weighted by Crippen LogP contribution is -2.32. The number of fused-ring (bicyclic) bond motifs is 1. The molecule has 1 atom stereocenters. The molecule has 5 nitrogen and oxygen atoms in total. The number of hydrogen-bond donors (Lipinski definition) is 1. The fourth-order valence-electron chi connectivity index (χ4n) is 4.41. The number of nitrogens with zero attached hydrogens (tertiary/aromatic N) is 3. The number of thiazole rings is 1. The molecule has 2 heterocycles. The van der Waals surface area contributed by atoms with E-state index in [-0.39, 0.29) is 10.9 Å². The lowest BCUT2D eigenvalue weighted by Gasteiger charge is -2.23. The van der Waals surface area contributed by atoms with Crippen LogP contribution in [-0.4, -0.2) is 29.6 Å². The van der Waals surface area contributed by atoms with E-state index in [0.717, 1.165) is 51.0 Å². The fraction of sp³-hybridized carbons (Fsp3) is 0.321. The van der Waals surface area contributed by atoms with E-state index in [1.165, 1.54) is 4.90 Å². The average Bonchev–Trinajstić information content (AvgIpc) is 3.35. The van der Waals surface area contributed by atoms with Crippen molar-refractivity contribution >= 4 is 58.2 Å². The number of hydrogen-bond acceptors (Lipinski definition) is 6. The smallest absolute Gasteiger partial charge is 0.269 e. The lowest BCUT2D eigenvalue weighted by atomic mass is 10.2. The predicted molar refractivity (Wildman–Crippen MR) is 158 cm³/mol. The van der Waals surface area contributed by atoms with Gasteiger partial charge in [0.15, 0.2) is 0 Å². The van der Waals surface area contributed by atoms with Crippen molar-refractivity contribution in [3.8, 4) is 0 Å². The van der Waals surface area contributed by atoms with Crippen LogP contribution in [0, 0.1) is 0 Å². The van der Waals surface area contributed by atoms with Crippen LogP contribution in [0.1, 0.15) is 27.7 Å². The first-order valence-electron chi connectivity index (χ1n) is 12.4. The number of benzene rings is 2. The number of nitrogens with one attached hydrogen (secondary N) is 1. The van der Waals surface area contributed by atoms with Crippen molar-refractivity contribution < 1.29 is 0 Å². The van der Waals surface area contributed by atoms with E-state index >= 15 is 0 Å². The van der Waals surface area contributed by atoms with Gasteiger partial charge >= 0.3 is 0 Å². The molecule has 4 rings (SSSR count). The summed E-state index contributed by atoms with van der Waals surface area (Å²) in [5, 5.41) is 4.32. The van der Waals surface area contributed by atoms with Gasteiger partial charge in [-0.1, -0.05) is 36.7 Å². The fourth-order valence-corrected chi connectivity index (χ4v) is 6.80. The Morgan fingerprint density at radius 1 is 0.972 bits per heavy atom. The van der Waals surface area contributed by atoms with Crippen LogP contribution in [0.25, 0.3) is 12.2 Å². The molecule has 3 aromatic rings. The molecule has 1 N–H and O–H groups in total. The first-order chi connectivity index (χ1) is 17.5. The molecule has 0 amide bonds. The topological polar surface area (TPSA) is 40.5 Å². The Bertz CT molecular complexity index is 1400. The molecule has 1 aromatic heterocycles. The monoisotopic (exact) mass is 540 g/mol. The molecule has 0 radical (unpaired) electrons. The van der Waals surface area contributed by atoms with Gasteiger partial charge in [0.05, 0.1) is 25.9 Å². The van der Waals surface area contributed by atoms with Gasteiger partial charge in [-0.2, -0.15) is 0 Å². The van der Waals surface area contributed by atoms with E-state index in [2.05, 4.69) is 66.2 Å². The summed E-state index contributed by atoms with van der Waals surface area (Å²) in [5.74, 6) is 1.06. The van der Waals surface area contributed by atoms with Crippen LogP contribution in [-0.2, 0) is 6.54 Å². The molecular formula is C28H33ClN4OS2. The highest BCUT2D eigenvalue weighted by molar-refractivity contribution is 8.00. The van der Waals surface area contributed by atoms with Crippen molar-refractivity contribution in [3.63, 3.8) is 0 Å². The summed E-state index contributed by atoms with van der Waals surface area (Å²) in [6, 6.07) is 16.4. The highest BCUT2D eigenvalue weighted by atomic mass is 35.5. The van der Waals surface area contributed by atoms with Crippen LogP contribution >= 0.6 is 34.7 Å². The molecule has 8 heteroatoms. The molecule has 36 heavy (non-hydrogen) atoms. The normalized spacial score (nSPS) is 16.3.